The number of hydrogen-bond acceptors (Lipinski definition) is 3. The van der Waals surface area contributed by atoms with Crippen LogP contribution in [0.5, 0.6) is 0 Å². The van der Waals surface area contributed by atoms with E-state index in [9.17, 15) is 4.79 Å². The minimum atomic E-state index is -0.246. The molecule has 0 spiro atoms. The second-order valence-electron chi connectivity index (χ2n) is 5.91. The predicted octanol–water partition coefficient (Wildman–Crippen LogP) is 4.65. The Morgan fingerprint density at radius 1 is 1.08 bits per heavy atom. The van der Waals surface area contributed by atoms with Gasteiger partial charge in [-0.2, -0.15) is 5.10 Å². The lowest BCUT2D eigenvalue weighted by Gasteiger charge is -2.04. The summed E-state index contributed by atoms with van der Waals surface area (Å²) in [7, 11) is 0. The summed E-state index contributed by atoms with van der Waals surface area (Å²) < 4.78 is 0. The van der Waals surface area contributed by atoms with Crippen molar-refractivity contribution in [1.82, 2.24) is 5.43 Å². The molecule has 4 heteroatoms. The molecule has 0 saturated heterocycles. The molecule has 0 atom stereocenters. The van der Waals surface area contributed by atoms with Crippen molar-refractivity contribution in [2.75, 3.05) is 5.73 Å². The molecule has 0 radical (unpaired) electrons. The number of carbonyl (C=O) groups excluding carboxylic acids is 1. The van der Waals surface area contributed by atoms with Gasteiger partial charge in [-0.05, 0) is 48.2 Å². The summed E-state index contributed by atoms with van der Waals surface area (Å²) in [6.07, 6.45) is 8.23. The van der Waals surface area contributed by atoms with Crippen molar-refractivity contribution in [3.63, 3.8) is 0 Å². The zero-order chi connectivity index (χ0) is 17.9. The fraction of sp³-hybridized carbons (Fsp3) is 0.238. The molecule has 1 amide bonds. The molecule has 0 aliphatic carbocycles. The smallest absolute Gasteiger partial charge is 0.271 e. The standard InChI is InChI=1S/C21H25N3O/c1-2-3-5-10-18(15-17-8-6-4-7-9-17)16-23-24-21(25)19-11-13-20(22)14-12-19/h4,6-9,11-16H,2-3,5,10,22H2,1H3,(H,24,25)/b18-15+,23-16+. The molecule has 4 nitrogen and oxygen atoms in total. The number of benzene rings is 2. The molecule has 0 heterocycles. The second-order valence-corrected chi connectivity index (χ2v) is 5.91. The van der Waals surface area contributed by atoms with Crippen LogP contribution in [0.2, 0.25) is 0 Å². The third-order valence-electron chi connectivity index (χ3n) is 3.79. The summed E-state index contributed by atoms with van der Waals surface area (Å²) in [5, 5.41) is 4.12. The normalized spacial score (nSPS) is 11.6. The molecule has 0 aromatic heterocycles. The van der Waals surface area contributed by atoms with Crippen LogP contribution in [-0.4, -0.2) is 12.1 Å². The SMILES string of the molecule is CCCCCC(/C=N/NC(=O)c1ccc(N)cc1)=C\c1ccccc1. The van der Waals surface area contributed by atoms with Crippen LogP contribution in [0.3, 0.4) is 0 Å². The first-order chi connectivity index (χ1) is 12.2. The summed E-state index contributed by atoms with van der Waals surface area (Å²) in [4.78, 5) is 12.1. The van der Waals surface area contributed by atoms with Crippen LogP contribution in [0, 0.1) is 0 Å². The summed E-state index contributed by atoms with van der Waals surface area (Å²) >= 11 is 0. The highest BCUT2D eigenvalue weighted by molar-refractivity contribution is 5.95. The molecule has 0 bridgehead atoms. The number of rotatable bonds is 8. The fourth-order valence-electron chi connectivity index (χ4n) is 2.39. The van der Waals surface area contributed by atoms with Gasteiger partial charge in [0.25, 0.3) is 5.91 Å². The van der Waals surface area contributed by atoms with Crippen molar-refractivity contribution in [1.29, 1.82) is 0 Å². The zero-order valence-corrected chi connectivity index (χ0v) is 14.6. The number of nitrogens with zero attached hydrogens (tertiary/aromatic N) is 1. The average molecular weight is 335 g/mol. The fourth-order valence-corrected chi connectivity index (χ4v) is 2.39. The van der Waals surface area contributed by atoms with E-state index in [-0.39, 0.29) is 5.91 Å². The first-order valence-electron chi connectivity index (χ1n) is 8.63. The van der Waals surface area contributed by atoms with Crippen LogP contribution in [0.1, 0.15) is 48.5 Å². The molecule has 0 aliphatic rings. The van der Waals surface area contributed by atoms with Crippen LogP contribution >= 0.6 is 0 Å². The number of anilines is 1. The van der Waals surface area contributed by atoms with E-state index in [0.717, 1.165) is 24.0 Å². The number of unbranched alkanes of at least 4 members (excludes halogenated alkanes) is 2. The third-order valence-corrected chi connectivity index (χ3v) is 3.79. The van der Waals surface area contributed by atoms with E-state index in [0.29, 0.717) is 11.3 Å². The van der Waals surface area contributed by atoms with Gasteiger partial charge < -0.3 is 5.73 Å². The number of nitrogens with two attached hydrogens (primary N) is 1. The number of amides is 1. The lowest BCUT2D eigenvalue weighted by atomic mass is 10.1. The minimum absolute atomic E-state index is 0.246. The minimum Gasteiger partial charge on any atom is -0.399 e. The van der Waals surface area contributed by atoms with Crippen LogP contribution in [0.25, 0.3) is 6.08 Å². The number of carbonyl (C=O) groups is 1. The largest absolute Gasteiger partial charge is 0.399 e. The van der Waals surface area contributed by atoms with Crippen molar-refractivity contribution in [3.05, 3.63) is 71.3 Å². The Morgan fingerprint density at radius 2 is 1.80 bits per heavy atom. The number of nitrogens with one attached hydrogen (secondary N) is 1. The Bertz CT molecular complexity index is 719. The Balaban J connectivity index is 2.02. The van der Waals surface area contributed by atoms with E-state index in [1.165, 1.54) is 12.8 Å². The summed E-state index contributed by atoms with van der Waals surface area (Å²) in [5.74, 6) is -0.246. The van der Waals surface area contributed by atoms with Gasteiger partial charge >= 0.3 is 0 Å². The first-order valence-corrected chi connectivity index (χ1v) is 8.63. The number of allylic oxidation sites excluding steroid dienone is 1. The van der Waals surface area contributed by atoms with Gasteiger partial charge in [-0.15, -0.1) is 0 Å². The van der Waals surface area contributed by atoms with E-state index < -0.39 is 0 Å². The molecule has 3 N–H and O–H groups in total. The summed E-state index contributed by atoms with van der Waals surface area (Å²) in [5.41, 5.74) is 11.6. The Morgan fingerprint density at radius 3 is 2.48 bits per heavy atom. The van der Waals surface area contributed by atoms with Gasteiger partial charge in [0.2, 0.25) is 0 Å². The van der Waals surface area contributed by atoms with Crippen LogP contribution in [-0.2, 0) is 0 Å². The van der Waals surface area contributed by atoms with Crippen LogP contribution in [0.15, 0.2) is 65.3 Å². The van der Waals surface area contributed by atoms with E-state index in [4.69, 9.17) is 5.73 Å². The molecule has 2 aromatic carbocycles. The van der Waals surface area contributed by atoms with Gasteiger partial charge in [-0.1, -0.05) is 56.2 Å². The molecule has 25 heavy (non-hydrogen) atoms. The molecular weight excluding hydrogens is 310 g/mol. The zero-order valence-electron chi connectivity index (χ0n) is 14.6. The topological polar surface area (TPSA) is 67.5 Å². The molecule has 0 unspecified atom stereocenters. The number of hydrazone groups is 1. The second kappa shape index (κ2) is 10.1. The summed E-state index contributed by atoms with van der Waals surface area (Å²) in [6, 6.07) is 16.9. The lowest BCUT2D eigenvalue weighted by molar-refractivity contribution is 0.0955. The van der Waals surface area contributed by atoms with Crippen molar-refractivity contribution >= 4 is 23.9 Å². The highest BCUT2D eigenvalue weighted by Crippen LogP contribution is 2.12. The Hall–Kier alpha value is -2.88. The van der Waals surface area contributed by atoms with E-state index in [2.05, 4.69) is 35.7 Å². The Labute approximate surface area is 149 Å². The van der Waals surface area contributed by atoms with Gasteiger partial charge in [0.05, 0.1) is 6.21 Å². The van der Waals surface area contributed by atoms with Gasteiger partial charge in [-0.3, -0.25) is 4.79 Å². The average Bonchev–Trinajstić information content (AvgIpc) is 2.63. The molecule has 0 fully saturated rings. The van der Waals surface area contributed by atoms with E-state index >= 15 is 0 Å². The van der Waals surface area contributed by atoms with Crippen molar-refractivity contribution < 1.29 is 4.79 Å². The third kappa shape index (κ3) is 6.63. The van der Waals surface area contributed by atoms with Crippen molar-refractivity contribution in [2.45, 2.75) is 32.6 Å². The van der Waals surface area contributed by atoms with Gasteiger partial charge in [0.15, 0.2) is 0 Å². The maximum absolute atomic E-state index is 12.1. The molecule has 2 aromatic rings. The van der Waals surface area contributed by atoms with Gasteiger partial charge in [0.1, 0.15) is 0 Å². The number of nitrogen functional groups attached to an aromatic ring is 1. The van der Waals surface area contributed by atoms with Crippen molar-refractivity contribution in [2.24, 2.45) is 5.10 Å². The number of hydrogen-bond donors (Lipinski definition) is 2. The monoisotopic (exact) mass is 335 g/mol. The lowest BCUT2D eigenvalue weighted by Crippen LogP contribution is -2.17. The summed E-state index contributed by atoms with van der Waals surface area (Å²) in [6.45, 7) is 2.18. The van der Waals surface area contributed by atoms with Crippen LogP contribution < -0.4 is 11.2 Å². The van der Waals surface area contributed by atoms with E-state index in [1.54, 1.807) is 30.5 Å². The highest BCUT2D eigenvalue weighted by Gasteiger charge is 2.03. The predicted molar refractivity (Wildman–Crippen MR) is 105 cm³/mol. The van der Waals surface area contributed by atoms with Gasteiger partial charge in [0, 0.05) is 11.3 Å². The maximum Gasteiger partial charge on any atom is 0.271 e. The van der Waals surface area contributed by atoms with Crippen LogP contribution in [0.4, 0.5) is 5.69 Å². The molecule has 2 rings (SSSR count). The van der Waals surface area contributed by atoms with E-state index in [1.807, 2.05) is 18.2 Å². The Kier molecular flexibility index (Phi) is 7.44. The quantitative estimate of drug-likeness (QED) is 0.319. The van der Waals surface area contributed by atoms with Crippen molar-refractivity contribution in [3.8, 4) is 0 Å². The molecule has 130 valence electrons. The molecule has 0 saturated carbocycles. The highest BCUT2D eigenvalue weighted by atomic mass is 16.2. The molecular formula is C21H25N3O. The van der Waals surface area contributed by atoms with Gasteiger partial charge in [-0.25, -0.2) is 5.43 Å². The molecule has 0 aliphatic heterocycles. The maximum atomic E-state index is 12.1. The first kappa shape index (κ1) is 18.5.